The van der Waals surface area contributed by atoms with Gasteiger partial charge in [-0.05, 0) is 49.7 Å². The van der Waals surface area contributed by atoms with Crippen LogP contribution in [0.4, 0.5) is 25.0 Å². The van der Waals surface area contributed by atoms with Crippen molar-refractivity contribution in [1.82, 2.24) is 14.3 Å². The number of hydrogen-bond donors (Lipinski definition) is 0. The van der Waals surface area contributed by atoms with Crippen LogP contribution in [0.25, 0.3) is 0 Å². The third kappa shape index (κ3) is 5.83. The monoisotopic (exact) mass is 555 g/mol. The summed E-state index contributed by atoms with van der Waals surface area (Å²) < 4.78 is 73.2. The van der Waals surface area contributed by atoms with Crippen LogP contribution in [0.1, 0.15) is 60.8 Å². The second-order valence-corrected chi connectivity index (χ2v) is 12.7. The lowest BCUT2D eigenvalue weighted by Crippen LogP contribution is -2.37. The molecule has 3 aliphatic rings. The topological polar surface area (TPSA) is 99.9 Å². The predicted octanol–water partition coefficient (Wildman–Crippen LogP) is 3.75. The lowest BCUT2D eigenvalue weighted by atomic mass is 10.0. The fourth-order valence-electron chi connectivity index (χ4n) is 5.12. The fraction of sp³-hybridized carbons (Fsp3) is 0.640. The van der Waals surface area contributed by atoms with E-state index in [0.717, 1.165) is 25.7 Å². The van der Waals surface area contributed by atoms with Crippen molar-refractivity contribution >= 4 is 27.6 Å². The van der Waals surface area contributed by atoms with Crippen molar-refractivity contribution in [3.63, 3.8) is 0 Å². The van der Waals surface area contributed by atoms with Crippen LogP contribution in [-0.2, 0) is 22.6 Å². The van der Waals surface area contributed by atoms with Crippen LogP contribution in [-0.4, -0.2) is 73.0 Å². The molecule has 1 atom stereocenters. The average molecular weight is 556 g/mol. The number of pyridine rings is 1. The number of hydrogen-bond acceptors (Lipinski definition) is 8. The Morgan fingerprint density at radius 3 is 2.47 bits per heavy atom. The molecule has 0 radical (unpaired) electrons. The molecule has 1 unspecified atom stereocenters. The van der Waals surface area contributed by atoms with Gasteiger partial charge in [0.2, 0.25) is 21.6 Å². The number of ketones is 1. The standard InChI is InChI=1S/C25H32F3N5O4S/c1-17-4-2-9-32(16-17)24-30-23(25(26,27)28)22(37-24)20(34)14-18-5-8-21(29-15-18)31-10-3-11-33(13-12-31)38(35,36)19-6-7-19/h5,8,15,17,19H,2-4,6-7,9-14,16H2,1H3. The molecule has 2 saturated heterocycles. The first kappa shape index (κ1) is 26.9. The molecule has 208 valence electrons. The van der Waals surface area contributed by atoms with Gasteiger partial charge in [-0.1, -0.05) is 13.0 Å². The van der Waals surface area contributed by atoms with Crippen molar-refractivity contribution in [1.29, 1.82) is 0 Å². The van der Waals surface area contributed by atoms with Gasteiger partial charge in [-0.25, -0.2) is 13.4 Å². The number of piperidine rings is 1. The van der Waals surface area contributed by atoms with Crippen molar-refractivity contribution in [3.8, 4) is 0 Å². The molecule has 2 aromatic rings. The molecule has 1 aliphatic carbocycles. The van der Waals surface area contributed by atoms with E-state index in [9.17, 15) is 26.4 Å². The van der Waals surface area contributed by atoms with E-state index in [1.807, 2.05) is 11.8 Å². The molecule has 0 N–H and O–H groups in total. The lowest BCUT2D eigenvalue weighted by molar-refractivity contribution is -0.141. The van der Waals surface area contributed by atoms with Crippen molar-refractivity contribution in [2.45, 2.75) is 56.9 Å². The number of oxazole rings is 1. The lowest BCUT2D eigenvalue weighted by Gasteiger charge is -2.29. The van der Waals surface area contributed by atoms with Crippen LogP contribution in [0.2, 0.25) is 0 Å². The zero-order valence-corrected chi connectivity index (χ0v) is 22.1. The molecule has 2 aromatic heterocycles. The van der Waals surface area contributed by atoms with Gasteiger partial charge in [0.1, 0.15) is 5.82 Å². The van der Waals surface area contributed by atoms with E-state index < -0.39 is 33.4 Å². The van der Waals surface area contributed by atoms with Gasteiger partial charge >= 0.3 is 6.18 Å². The first-order chi connectivity index (χ1) is 18.0. The van der Waals surface area contributed by atoms with Gasteiger partial charge in [0.05, 0.1) is 5.25 Å². The Morgan fingerprint density at radius 1 is 1.05 bits per heavy atom. The maximum absolute atomic E-state index is 13.7. The summed E-state index contributed by atoms with van der Waals surface area (Å²) in [5.41, 5.74) is -0.847. The molecule has 3 fully saturated rings. The normalized spacial score (nSPS) is 21.9. The molecular weight excluding hydrogens is 523 g/mol. The quantitative estimate of drug-likeness (QED) is 0.477. The Kier molecular flexibility index (Phi) is 7.42. The van der Waals surface area contributed by atoms with E-state index in [-0.39, 0.29) is 17.7 Å². The number of carbonyl (C=O) groups excluding carboxylic acids is 1. The molecule has 0 spiro atoms. The largest absolute Gasteiger partial charge is 0.437 e. The number of sulfonamides is 1. The van der Waals surface area contributed by atoms with E-state index in [1.54, 1.807) is 21.3 Å². The summed E-state index contributed by atoms with van der Waals surface area (Å²) >= 11 is 0. The molecule has 0 bridgehead atoms. The van der Waals surface area contributed by atoms with Crippen LogP contribution in [0.15, 0.2) is 22.7 Å². The van der Waals surface area contributed by atoms with Gasteiger partial charge in [0.25, 0.3) is 6.01 Å². The second-order valence-electron chi connectivity index (χ2n) is 10.5. The van der Waals surface area contributed by atoms with Gasteiger partial charge in [0.15, 0.2) is 5.69 Å². The number of nitrogens with zero attached hydrogens (tertiary/aromatic N) is 5. The zero-order chi connectivity index (χ0) is 27.1. The summed E-state index contributed by atoms with van der Waals surface area (Å²) in [5, 5.41) is -0.245. The summed E-state index contributed by atoms with van der Waals surface area (Å²) in [6.45, 7) is 5.04. The maximum atomic E-state index is 13.7. The molecule has 13 heteroatoms. The first-order valence-electron chi connectivity index (χ1n) is 13.1. The number of alkyl halides is 3. The Hall–Kier alpha value is -2.67. The van der Waals surface area contributed by atoms with Gasteiger partial charge in [0, 0.05) is 51.9 Å². The van der Waals surface area contributed by atoms with E-state index >= 15 is 0 Å². The molecule has 38 heavy (non-hydrogen) atoms. The number of carbonyl (C=O) groups is 1. The molecule has 5 rings (SSSR count). The molecular formula is C25H32F3N5O4S. The van der Waals surface area contributed by atoms with Crippen LogP contribution < -0.4 is 9.80 Å². The third-order valence-corrected chi connectivity index (χ3v) is 9.72. The molecule has 4 heterocycles. The highest BCUT2D eigenvalue weighted by molar-refractivity contribution is 7.90. The van der Waals surface area contributed by atoms with Crippen molar-refractivity contribution < 1.29 is 30.8 Å². The van der Waals surface area contributed by atoms with Gasteiger partial charge in [-0.3, -0.25) is 4.79 Å². The predicted molar refractivity (Wildman–Crippen MR) is 135 cm³/mol. The van der Waals surface area contributed by atoms with Crippen LogP contribution in [0.3, 0.4) is 0 Å². The minimum absolute atomic E-state index is 0.167. The Bertz CT molecular complexity index is 1260. The van der Waals surface area contributed by atoms with Crippen molar-refractivity contribution in [2.75, 3.05) is 49.1 Å². The minimum atomic E-state index is -4.82. The maximum Gasteiger partial charge on any atom is 0.437 e. The zero-order valence-electron chi connectivity index (χ0n) is 21.3. The van der Waals surface area contributed by atoms with Crippen molar-refractivity contribution in [3.05, 3.63) is 35.3 Å². The first-order valence-corrected chi connectivity index (χ1v) is 14.6. The van der Waals surface area contributed by atoms with E-state index in [4.69, 9.17) is 4.42 Å². The summed E-state index contributed by atoms with van der Waals surface area (Å²) in [7, 11) is -3.24. The summed E-state index contributed by atoms with van der Waals surface area (Å²) in [4.78, 5) is 24.6. The molecule has 1 saturated carbocycles. The van der Waals surface area contributed by atoms with E-state index in [0.29, 0.717) is 63.0 Å². The number of halogens is 3. The minimum Gasteiger partial charge on any atom is -0.420 e. The summed E-state index contributed by atoms with van der Waals surface area (Å²) in [6.07, 6.45) is 0.248. The molecule has 9 nitrogen and oxygen atoms in total. The Balaban J connectivity index is 1.26. The van der Waals surface area contributed by atoms with Gasteiger partial charge < -0.3 is 14.2 Å². The fourth-order valence-corrected chi connectivity index (χ4v) is 6.99. The van der Waals surface area contributed by atoms with Gasteiger partial charge in [-0.2, -0.15) is 22.5 Å². The molecule has 0 aromatic carbocycles. The number of anilines is 2. The highest BCUT2D eigenvalue weighted by Gasteiger charge is 2.42. The van der Waals surface area contributed by atoms with Crippen LogP contribution in [0.5, 0.6) is 0 Å². The van der Waals surface area contributed by atoms with E-state index in [1.165, 1.54) is 6.20 Å². The molecule has 2 aliphatic heterocycles. The third-order valence-electron chi connectivity index (χ3n) is 7.32. The Morgan fingerprint density at radius 2 is 1.82 bits per heavy atom. The SMILES string of the molecule is CC1CCCN(c2nc(C(F)(F)F)c(C(=O)Cc3ccc(N4CCCN(S(=O)(=O)C5CC5)CC4)nc3)o2)C1. The van der Waals surface area contributed by atoms with Gasteiger partial charge in [-0.15, -0.1) is 0 Å². The summed E-state index contributed by atoms with van der Waals surface area (Å²) in [6, 6.07) is 3.19. The van der Waals surface area contributed by atoms with Crippen molar-refractivity contribution in [2.24, 2.45) is 5.92 Å². The number of rotatable bonds is 7. The van der Waals surface area contributed by atoms with Crippen LogP contribution >= 0.6 is 0 Å². The second kappa shape index (κ2) is 10.5. The average Bonchev–Trinajstić information content (AvgIpc) is 3.67. The highest BCUT2D eigenvalue weighted by atomic mass is 32.2. The summed E-state index contributed by atoms with van der Waals surface area (Å²) in [5.74, 6) is -0.668. The number of aromatic nitrogens is 2. The van der Waals surface area contributed by atoms with E-state index in [2.05, 4.69) is 9.97 Å². The molecule has 0 amide bonds. The smallest absolute Gasteiger partial charge is 0.420 e. The van der Waals surface area contributed by atoms with Crippen LogP contribution in [0, 0.1) is 5.92 Å². The Labute approximate surface area is 220 Å². The highest BCUT2D eigenvalue weighted by Crippen LogP contribution is 2.36. The number of Topliss-reactive ketones (excluding diaryl/α,β-unsaturated/α-hetero) is 1.